The van der Waals surface area contributed by atoms with E-state index in [1.165, 1.54) is 180 Å². The van der Waals surface area contributed by atoms with E-state index in [9.17, 15) is 14.4 Å². The molecule has 6 nitrogen and oxygen atoms in total. The van der Waals surface area contributed by atoms with Crippen LogP contribution in [0.15, 0.2) is 72.9 Å². The predicted molar refractivity (Wildman–Crippen MR) is 298 cm³/mol. The maximum absolute atomic E-state index is 12.8. The van der Waals surface area contributed by atoms with Crippen LogP contribution in [0.1, 0.15) is 290 Å². The molecule has 0 spiro atoms. The predicted octanol–water partition coefficient (Wildman–Crippen LogP) is 19.8. The standard InChI is InChI=1S/C63H110O6/c1-4-7-10-13-16-19-22-25-28-31-34-37-40-43-46-49-52-55-61(64)67-58-60(69-63(66)57-54-51-48-45-42-39-36-33-30-27-24-21-18-15-12-9-6-3)59-68-62(65)56-53-50-47-44-41-38-35-32-29-26-23-20-17-14-11-8-5-2/h18,21,25-30,36,39,45,48,60H,4-17,19-20,22-24,31-35,37-38,40-44,46-47,49-59H2,1-3H3/b21-18-,28-25-,29-26-,30-27-,39-36-,48-45-. The molecular formula is C63H110O6. The molecule has 0 saturated carbocycles. The third-order valence-electron chi connectivity index (χ3n) is 12.7. The summed E-state index contributed by atoms with van der Waals surface area (Å²) in [6.45, 7) is 6.57. The largest absolute Gasteiger partial charge is 0.462 e. The van der Waals surface area contributed by atoms with Crippen LogP contribution in [0.3, 0.4) is 0 Å². The van der Waals surface area contributed by atoms with Gasteiger partial charge in [-0.2, -0.15) is 0 Å². The van der Waals surface area contributed by atoms with Crippen LogP contribution in [0.4, 0.5) is 0 Å². The highest BCUT2D eigenvalue weighted by molar-refractivity contribution is 5.71. The fourth-order valence-corrected chi connectivity index (χ4v) is 8.19. The van der Waals surface area contributed by atoms with Crippen molar-refractivity contribution in [2.75, 3.05) is 13.2 Å². The first-order chi connectivity index (χ1) is 34.0. The van der Waals surface area contributed by atoms with Crippen LogP contribution in [0.25, 0.3) is 0 Å². The summed E-state index contributed by atoms with van der Waals surface area (Å²) in [6, 6.07) is 0. The second-order valence-corrected chi connectivity index (χ2v) is 19.5. The number of ether oxygens (including phenoxy) is 3. The van der Waals surface area contributed by atoms with Gasteiger partial charge in [0.2, 0.25) is 0 Å². The maximum Gasteiger partial charge on any atom is 0.306 e. The van der Waals surface area contributed by atoms with Gasteiger partial charge >= 0.3 is 17.9 Å². The fraction of sp³-hybridized carbons (Fsp3) is 0.762. The van der Waals surface area contributed by atoms with Gasteiger partial charge in [0.05, 0.1) is 0 Å². The molecule has 0 unspecified atom stereocenters. The molecule has 0 rings (SSSR count). The quantitative estimate of drug-likeness (QED) is 0.0262. The van der Waals surface area contributed by atoms with Gasteiger partial charge in [0.15, 0.2) is 6.10 Å². The minimum absolute atomic E-state index is 0.0999. The molecule has 0 bridgehead atoms. The Bertz CT molecular complexity index is 1230. The summed E-state index contributed by atoms with van der Waals surface area (Å²) in [5.74, 6) is -0.956. The van der Waals surface area contributed by atoms with E-state index in [0.717, 1.165) is 64.2 Å². The van der Waals surface area contributed by atoms with Crippen molar-refractivity contribution in [2.45, 2.75) is 297 Å². The summed E-state index contributed by atoms with van der Waals surface area (Å²) in [4.78, 5) is 38.2. The lowest BCUT2D eigenvalue weighted by atomic mass is 10.1. The lowest BCUT2D eigenvalue weighted by Gasteiger charge is -2.18. The Kier molecular flexibility index (Phi) is 54.8. The number of esters is 3. The highest BCUT2D eigenvalue weighted by atomic mass is 16.6. The molecule has 0 fully saturated rings. The molecule has 0 aliphatic rings. The fourth-order valence-electron chi connectivity index (χ4n) is 8.19. The first-order valence-corrected chi connectivity index (χ1v) is 29.4. The Hall–Kier alpha value is -3.15. The summed E-state index contributed by atoms with van der Waals surface area (Å²) in [5, 5.41) is 0. The van der Waals surface area contributed by atoms with Gasteiger partial charge < -0.3 is 14.2 Å². The van der Waals surface area contributed by atoms with Gasteiger partial charge in [-0.15, -0.1) is 0 Å². The zero-order valence-electron chi connectivity index (χ0n) is 45.6. The normalized spacial score (nSPS) is 12.2. The third kappa shape index (κ3) is 55.6. The molecule has 0 aromatic carbocycles. The monoisotopic (exact) mass is 963 g/mol. The van der Waals surface area contributed by atoms with Gasteiger partial charge in [0, 0.05) is 19.3 Å². The number of carbonyl (C=O) groups excluding carboxylic acids is 3. The second-order valence-electron chi connectivity index (χ2n) is 19.5. The van der Waals surface area contributed by atoms with Crippen molar-refractivity contribution in [1.29, 1.82) is 0 Å². The van der Waals surface area contributed by atoms with Crippen LogP contribution in [0.2, 0.25) is 0 Å². The van der Waals surface area contributed by atoms with Crippen LogP contribution in [-0.4, -0.2) is 37.2 Å². The van der Waals surface area contributed by atoms with E-state index in [0.29, 0.717) is 19.3 Å². The van der Waals surface area contributed by atoms with Gasteiger partial charge in [-0.3, -0.25) is 14.4 Å². The molecule has 0 aromatic heterocycles. The topological polar surface area (TPSA) is 78.9 Å². The zero-order chi connectivity index (χ0) is 50.0. The summed E-state index contributed by atoms with van der Waals surface area (Å²) >= 11 is 0. The Morgan fingerprint density at radius 2 is 0.536 bits per heavy atom. The van der Waals surface area contributed by atoms with E-state index in [1.54, 1.807) is 0 Å². The van der Waals surface area contributed by atoms with Crippen molar-refractivity contribution in [3.8, 4) is 0 Å². The molecule has 69 heavy (non-hydrogen) atoms. The van der Waals surface area contributed by atoms with E-state index in [-0.39, 0.29) is 37.5 Å². The van der Waals surface area contributed by atoms with Crippen molar-refractivity contribution < 1.29 is 28.6 Å². The van der Waals surface area contributed by atoms with Crippen molar-refractivity contribution in [3.05, 3.63) is 72.9 Å². The minimum atomic E-state index is -0.808. The summed E-state index contributed by atoms with van der Waals surface area (Å²) in [6.07, 6.45) is 73.2. The zero-order valence-corrected chi connectivity index (χ0v) is 45.6. The summed E-state index contributed by atoms with van der Waals surface area (Å²) in [5.41, 5.74) is 0. The molecule has 6 heteroatoms. The van der Waals surface area contributed by atoms with Gasteiger partial charge in [-0.05, 0) is 109 Å². The van der Waals surface area contributed by atoms with Crippen molar-refractivity contribution >= 4 is 17.9 Å². The van der Waals surface area contributed by atoms with Crippen LogP contribution < -0.4 is 0 Å². The average Bonchev–Trinajstić information content (AvgIpc) is 3.35. The van der Waals surface area contributed by atoms with Crippen LogP contribution in [0, 0.1) is 0 Å². The molecule has 0 aliphatic carbocycles. The highest BCUT2D eigenvalue weighted by Crippen LogP contribution is 2.15. The number of carbonyl (C=O) groups is 3. The summed E-state index contributed by atoms with van der Waals surface area (Å²) in [7, 11) is 0. The maximum atomic E-state index is 12.8. The van der Waals surface area contributed by atoms with Crippen LogP contribution in [0.5, 0.6) is 0 Å². The Labute approximate surface area is 427 Å². The Morgan fingerprint density at radius 1 is 0.290 bits per heavy atom. The third-order valence-corrected chi connectivity index (χ3v) is 12.7. The van der Waals surface area contributed by atoms with E-state index < -0.39 is 6.10 Å². The number of hydrogen-bond acceptors (Lipinski definition) is 6. The molecular weight excluding hydrogens is 853 g/mol. The SMILES string of the molecule is CCCCC/C=C\C/C=C\C/C=C\C/C=C\CCCC(=O)OC(COC(=O)CCCCCCCCC/C=C\CCCCCCCC)COC(=O)CCCCCCCCC/C=C\CCCCCCCC. The molecule has 0 saturated heterocycles. The second kappa shape index (κ2) is 57.4. The van der Waals surface area contributed by atoms with E-state index in [1.807, 2.05) is 0 Å². The van der Waals surface area contributed by atoms with Gasteiger partial charge in [-0.1, -0.05) is 235 Å². The molecule has 0 heterocycles. The van der Waals surface area contributed by atoms with Crippen molar-refractivity contribution in [2.24, 2.45) is 0 Å². The van der Waals surface area contributed by atoms with Crippen molar-refractivity contribution in [1.82, 2.24) is 0 Å². The Balaban J connectivity index is 4.47. The van der Waals surface area contributed by atoms with Crippen molar-refractivity contribution in [3.63, 3.8) is 0 Å². The van der Waals surface area contributed by atoms with Gasteiger partial charge in [0.1, 0.15) is 13.2 Å². The molecule has 0 N–H and O–H groups in total. The first-order valence-electron chi connectivity index (χ1n) is 29.4. The number of allylic oxidation sites excluding steroid dienone is 12. The number of rotatable bonds is 53. The van der Waals surface area contributed by atoms with Crippen LogP contribution in [-0.2, 0) is 28.6 Å². The minimum Gasteiger partial charge on any atom is -0.462 e. The van der Waals surface area contributed by atoms with E-state index in [4.69, 9.17) is 14.2 Å². The molecule has 0 aliphatic heterocycles. The first kappa shape index (κ1) is 65.8. The Morgan fingerprint density at radius 3 is 0.899 bits per heavy atom. The van der Waals surface area contributed by atoms with E-state index in [2.05, 4.69) is 93.7 Å². The lowest BCUT2D eigenvalue weighted by molar-refractivity contribution is -0.167. The molecule has 0 aromatic rings. The summed E-state index contributed by atoms with van der Waals surface area (Å²) < 4.78 is 16.8. The molecule has 0 atom stereocenters. The highest BCUT2D eigenvalue weighted by Gasteiger charge is 2.19. The average molecular weight is 964 g/mol. The smallest absolute Gasteiger partial charge is 0.306 e. The molecule has 398 valence electrons. The lowest BCUT2D eigenvalue weighted by Crippen LogP contribution is -2.30. The van der Waals surface area contributed by atoms with Gasteiger partial charge in [0.25, 0.3) is 0 Å². The van der Waals surface area contributed by atoms with E-state index >= 15 is 0 Å². The number of hydrogen-bond donors (Lipinski definition) is 0. The molecule has 0 amide bonds. The van der Waals surface area contributed by atoms with Crippen LogP contribution >= 0.6 is 0 Å². The molecule has 0 radical (unpaired) electrons. The van der Waals surface area contributed by atoms with Gasteiger partial charge in [-0.25, -0.2) is 0 Å². The number of unbranched alkanes of at least 4 members (excludes halogenated alkanes) is 30.